The fourth-order valence-corrected chi connectivity index (χ4v) is 2.83. The van der Waals surface area contributed by atoms with Crippen molar-refractivity contribution in [3.63, 3.8) is 0 Å². The molecule has 2 heterocycles. The Hall–Kier alpha value is -2.96. The quantitative estimate of drug-likeness (QED) is 0.763. The van der Waals surface area contributed by atoms with E-state index in [0.717, 1.165) is 17.7 Å². The molecule has 2 N–H and O–H groups in total. The maximum absolute atomic E-state index is 13.8. The molecule has 0 bridgehead atoms. The molecule has 0 fully saturated rings. The topological polar surface area (TPSA) is 75.1 Å². The molecule has 3 rings (SSSR count). The molecule has 0 aliphatic heterocycles. The lowest BCUT2D eigenvalue weighted by atomic mass is 10.1. The molecule has 7 heteroatoms. The molecule has 0 saturated carbocycles. The van der Waals surface area contributed by atoms with Crippen molar-refractivity contribution in [3.8, 4) is 0 Å². The van der Waals surface area contributed by atoms with Crippen LogP contribution in [0.25, 0.3) is 10.9 Å². The van der Waals surface area contributed by atoms with Gasteiger partial charge in [-0.2, -0.15) is 0 Å². The zero-order valence-electron chi connectivity index (χ0n) is 13.7. The number of hydrogen-bond acceptors (Lipinski definition) is 3. The summed E-state index contributed by atoms with van der Waals surface area (Å²) in [5.41, 5.74) is 1.35. The van der Waals surface area contributed by atoms with Crippen LogP contribution in [0.5, 0.6) is 0 Å². The largest absolute Gasteiger partial charge is 0.456 e. The number of fused-ring (bicyclic) bond motifs is 1. The van der Waals surface area contributed by atoms with E-state index in [-0.39, 0.29) is 23.3 Å². The van der Waals surface area contributed by atoms with Crippen molar-refractivity contribution >= 4 is 16.8 Å². The van der Waals surface area contributed by atoms with Crippen LogP contribution in [0.2, 0.25) is 0 Å². The summed E-state index contributed by atoms with van der Waals surface area (Å²) in [5, 5.41) is 3.09. The number of nitrogens with one attached hydrogen (secondary N) is 2. The molecule has 1 aromatic carbocycles. The van der Waals surface area contributed by atoms with Crippen LogP contribution in [0.15, 0.2) is 33.5 Å². The van der Waals surface area contributed by atoms with Gasteiger partial charge in [0, 0.05) is 35.8 Å². The average molecular weight is 346 g/mol. The van der Waals surface area contributed by atoms with Crippen molar-refractivity contribution in [2.45, 2.75) is 20.3 Å². The molecule has 0 radical (unpaired) electrons. The highest BCUT2D eigenvalue weighted by molar-refractivity contribution is 5.91. The van der Waals surface area contributed by atoms with Gasteiger partial charge in [0.05, 0.1) is 5.52 Å². The zero-order chi connectivity index (χ0) is 18.1. The second-order valence-corrected chi connectivity index (χ2v) is 5.81. The van der Waals surface area contributed by atoms with E-state index in [1.165, 1.54) is 12.1 Å². The third-order valence-electron chi connectivity index (χ3n) is 3.92. The first-order valence-electron chi connectivity index (χ1n) is 7.71. The Morgan fingerprint density at radius 1 is 1.20 bits per heavy atom. The van der Waals surface area contributed by atoms with E-state index in [2.05, 4.69) is 10.3 Å². The standard InChI is InChI=1S/C18H16F2N2O3/c1-9-5-12(23)8-16(25-9)18(24)21-4-3-13-10(2)22-17-14(13)6-11(19)7-15(17)20/h5-8,22H,3-4H2,1-2H3,(H,21,24). The van der Waals surface area contributed by atoms with Crippen molar-refractivity contribution in [2.24, 2.45) is 0 Å². The number of aromatic nitrogens is 1. The Morgan fingerprint density at radius 2 is 1.96 bits per heavy atom. The summed E-state index contributed by atoms with van der Waals surface area (Å²) < 4.78 is 32.5. The second-order valence-electron chi connectivity index (χ2n) is 5.81. The summed E-state index contributed by atoms with van der Waals surface area (Å²) >= 11 is 0. The van der Waals surface area contributed by atoms with Crippen LogP contribution in [-0.2, 0) is 6.42 Å². The van der Waals surface area contributed by atoms with Gasteiger partial charge in [0.2, 0.25) is 0 Å². The van der Waals surface area contributed by atoms with Crippen LogP contribution in [-0.4, -0.2) is 17.4 Å². The number of aryl methyl sites for hydroxylation is 2. The van der Waals surface area contributed by atoms with Crippen molar-refractivity contribution in [2.75, 3.05) is 6.54 Å². The number of rotatable bonds is 4. The van der Waals surface area contributed by atoms with Gasteiger partial charge in [-0.3, -0.25) is 9.59 Å². The van der Waals surface area contributed by atoms with Crippen molar-refractivity contribution in [1.29, 1.82) is 0 Å². The molecule has 0 spiro atoms. The molecule has 2 aromatic heterocycles. The van der Waals surface area contributed by atoms with E-state index in [0.29, 0.717) is 23.3 Å². The molecule has 0 aliphatic rings. The number of carbonyl (C=O) groups excluding carboxylic acids is 1. The maximum Gasteiger partial charge on any atom is 0.287 e. The number of halogens is 2. The monoisotopic (exact) mass is 346 g/mol. The third-order valence-corrected chi connectivity index (χ3v) is 3.92. The van der Waals surface area contributed by atoms with Crippen LogP contribution in [0.3, 0.4) is 0 Å². The van der Waals surface area contributed by atoms with E-state index in [9.17, 15) is 18.4 Å². The van der Waals surface area contributed by atoms with Crippen LogP contribution in [0, 0.1) is 25.5 Å². The first-order valence-corrected chi connectivity index (χ1v) is 7.71. The Balaban J connectivity index is 1.76. The summed E-state index contributed by atoms with van der Waals surface area (Å²) in [6.45, 7) is 3.56. The molecule has 0 unspecified atom stereocenters. The molecule has 25 heavy (non-hydrogen) atoms. The van der Waals surface area contributed by atoms with Crippen molar-refractivity contribution in [3.05, 3.63) is 68.9 Å². The highest BCUT2D eigenvalue weighted by Crippen LogP contribution is 2.25. The number of carbonyl (C=O) groups is 1. The molecule has 3 aromatic rings. The fourth-order valence-electron chi connectivity index (χ4n) is 2.83. The Kier molecular flexibility index (Phi) is 4.39. The minimum atomic E-state index is -0.657. The summed E-state index contributed by atoms with van der Waals surface area (Å²) in [6, 6.07) is 4.49. The lowest BCUT2D eigenvalue weighted by molar-refractivity contribution is 0.0922. The predicted octanol–water partition coefficient (Wildman–Crippen LogP) is 2.99. The van der Waals surface area contributed by atoms with E-state index < -0.39 is 17.5 Å². The average Bonchev–Trinajstić information content (AvgIpc) is 2.83. The molecular formula is C18H16F2N2O3. The van der Waals surface area contributed by atoms with Gasteiger partial charge in [-0.1, -0.05) is 0 Å². The Bertz CT molecular complexity index is 1020. The van der Waals surface area contributed by atoms with Crippen LogP contribution in [0.1, 0.15) is 27.6 Å². The van der Waals surface area contributed by atoms with E-state index in [1.54, 1.807) is 13.8 Å². The number of amides is 1. The number of hydrogen-bond donors (Lipinski definition) is 2. The Morgan fingerprint density at radius 3 is 2.68 bits per heavy atom. The van der Waals surface area contributed by atoms with Crippen LogP contribution < -0.4 is 10.7 Å². The first-order chi connectivity index (χ1) is 11.8. The lowest BCUT2D eigenvalue weighted by Gasteiger charge is -2.06. The van der Waals surface area contributed by atoms with Gasteiger partial charge >= 0.3 is 0 Å². The minimum Gasteiger partial charge on any atom is -0.456 e. The van der Waals surface area contributed by atoms with Gasteiger partial charge in [0.25, 0.3) is 5.91 Å². The molecule has 0 saturated heterocycles. The lowest BCUT2D eigenvalue weighted by Crippen LogP contribution is -2.26. The highest BCUT2D eigenvalue weighted by Gasteiger charge is 2.15. The summed E-state index contributed by atoms with van der Waals surface area (Å²) in [4.78, 5) is 26.4. The summed E-state index contributed by atoms with van der Waals surface area (Å²) in [6.07, 6.45) is 0.372. The number of H-pyrrole nitrogens is 1. The minimum absolute atomic E-state index is 0.0715. The second kappa shape index (κ2) is 6.51. The van der Waals surface area contributed by atoms with Gasteiger partial charge < -0.3 is 14.7 Å². The molecule has 0 atom stereocenters. The number of benzene rings is 1. The summed E-state index contributed by atoms with van der Waals surface area (Å²) in [5.74, 6) is -1.56. The van der Waals surface area contributed by atoms with Crippen LogP contribution in [0.4, 0.5) is 8.78 Å². The molecule has 1 amide bonds. The SMILES string of the molecule is Cc1cc(=O)cc(C(=O)NCCc2c(C)[nH]c3c(F)cc(F)cc23)o1. The van der Waals surface area contributed by atoms with Gasteiger partial charge in [0.15, 0.2) is 11.2 Å². The van der Waals surface area contributed by atoms with Crippen molar-refractivity contribution in [1.82, 2.24) is 10.3 Å². The number of aromatic amines is 1. The van der Waals surface area contributed by atoms with Gasteiger partial charge in [-0.05, 0) is 31.9 Å². The third kappa shape index (κ3) is 3.45. The highest BCUT2D eigenvalue weighted by atomic mass is 19.1. The van der Waals surface area contributed by atoms with Gasteiger partial charge in [-0.25, -0.2) is 8.78 Å². The smallest absolute Gasteiger partial charge is 0.287 e. The van der Waals surface area contributed by atoms with Crippen LogP contribution >= 0.6 is 0 Å². The molecule has 5 nitrogen and oxygen atoms in total. The maximum atomic E-state index is 13.8. The van der Waals surface area contributed by atoms with E-state index >= 15 is 0 Å². The van der Waals surface area contributed by atoms with Gasteiger partial charge in [0.1, 0.15) is 17.4 Å². The fraction of sp³-hybridized carbons (Fsp3) is 0.222. The van der Waals surface area contributed by atoms with E-state index in [1.807, 2.05) is 0 Å². The molecular weight excluding hydrogens is 330 g/mol. The molecule has 0 aliphatic carbocycles. The zero-order valence-corrected chi connectivity index (χ0v) is 13.7. The molecule has 130 valence electrons. The summed E-state index contributed by atoms with van der Waals surface area (Å²) in [7, 11) is 0. The normalized spacial score (nSPS) is 11.0. The Labute approximate surface area is 141 Å². The van der Waals surface area contributed by atoms with E-state index in [4.69, 9.17) is 4.42 Å². The van der Waals surface area contributed by atoms with Crippen molar-refractivity contribution < 1.29 is 18.0 Å². The predicted molar refractivity (Wildman–Crippen MR) is 88.7 cm³/mol. The van der Waals surface area contributed by atoms with Gasteiger partial charge in [-0.15, -0.1) is 0 Å². The first kappa shape index (κ1) is 16.9.